The summed E-state index contributed by atoms with van der Waals surface area (Å²) in [5.41, 5.74) is 4.61. The number of benzene rings is 3. The molecule has 0 spiro atoms. The molecule has 1 N–H and O–H groups in total. The fourth-order valence-electron chi connectivity index (χ4n) is 2.77. The van der Waals surface area contributed by atoms with Crippen molar-refractivity contribution in [2.75, 3.05) is 7.11 Å². The molecule has 0 saturated heterocycles. The van der Waals surface area contributed by atoms with Crippen LogP contribution in [-0.2, 0) is 0 Å². The van der Waals surface area contributed by atoms with E-state index in [2.05, 4.69) is 20.2 Å². The topological polar surface area (TPSA) is 62.6 Å². The van der Waals surface area contributed by atoms with Crippen molar-refractivity contribution in [1.29, 1.82) is 0 Å². The van der Waals surface area contributed by atoms with Gasteiger partial charge in [0.2, 0.25) is 0 Å². The molecule has 0 atom stereocenters. The van der Waals surface area contributed by atoms with Crippen LogP contribution in [0.2, 0.25) is 0 Å². The zero-order valence-electron chi connectivity index (χ0n) is 16.0. The molecule has 4 rings (SSSR count). The Labute approximate surface area is 169 Å². The van der Waals surface area contributed by atoms with Crippen molar-refractivity contribution in [3.05, 3.63) is 96.4 Å². The number of imidazole rings is 1. The molecule has 0 amide bonds. The normalized spacial score (nSPS) is 11.3. The molecular formula is C24H20N4O. The van der Waals surface area contributed by atoms with Crippen LogP contribution in [0, 0.1) is 0 Å². The third-order valence-electron chi connectivity index (χ3n) is 4.35. The first-order valence-electron chi connectivity index (χ1n) is 9.25. The average Bonchev–Trinajstić information content (AvgIpc) is 3.27. The van der Waals surface area contributed by atoms with Crippen LogP contribution in [0.1, 0.15) is 11.4 Å². The third kappa shape index (κ3) is 4.84. The predicted octanol–water partition coefficient (Wildman–Crippen LogP) is 6.67. The van der Waals surface area contributed by atoms with Gasteiger partial charge in [-0.2, -0.15) is 10.2 Å². The summed E-state index contributed by atoms with van der Waals surface area (Å²) < 4.78 is 5.18. The van der Waals surface area contributed by atoms with E-state index in [0.29, 0.717) is 0 Å². The molecule has 0 fully saturated rings. The number of azo groups is 1. The predicted molar refractivity (Wildman–Crippen MR) is 117 cm³/mol. The smallest absolute Gasteiger partial charge is 0.130 e. The molecule has 0 saturated carbocycles. The second kappa shape index (κ2) is 8.80. The Morgan fingerprint density at radius 1 is 0.793 bits per heavy atom. The second-order valence-electron chi connectivity index (χ2n) is 6.36. The number of H-pyrrole nitrogens is 1. The van der Waals surface area contributed by atoms with Gasteiger partial charge in [-0.15, -0.1) is 0 Å². The van der Waals surface area contributed by atoms with E-state index in [1.807, 2.05) is 97.2 Å². The number of hydrogen-bond donors (Lipinski definition) is 1. The van der Waals surface area contributed by atoms with E-state index in [9.17, 15) is 0 Å². The Morgan fingerprint density at radius 3 is 2.17 bits per heavy atom. The van der Waals surface area contributed by atoms with E-state index in [0.717, 1.165) is 39.8 Å². The summed E-state index contributed by atoms with van der Waals surface area (Å²) in [4.78, 5) is 7.83. The van der Waals surface area contributed by atoms with Crippen molar-refractivity contribution >= 4 is 23.5 Å². The Hall–Kier alpha value is -3.99. The van der Waals surface area contributed by atoms with Gasteiger partial charge in [0.25, 0.3) is 0 Å². The molecule has 1 heterocycles. The highest BCUT2D eigenvalue weighted by Gasteiger charge is 2.02. The number of aromatic nitrogens is 2. The standard InChI is InChI=1S/C24H20N4O/c1-29-22-14-7-18(8-15-22)9-16-24-25-17-23(26-24)19-10-12-21(13-11-19)28-27-20-5-3-2-4-6-20/h2-17H,1H3,(H,25,26)/b16-9+,28-27+. The van der Waals surface area contributed by atoms with Crippen LogP contribution in [-0.4, -0.2) is 17.1 Å². The molecule has 1 aromatic heterocycles. The van der Waals surface area contributed by atoms with E-state index in [1.54, 1.807) is 7.11 Å². The lowest BCUT2D eigenvalue weighted by atomic mass is 10.1. The van der Waals surface area contributed by atoms with E-state index in [1.165, 1.54) is 0 Å². The zero-order chi connectivity index (χ0) is 19.9. The summed E-state index contributed by atoms with van der Waals surface area (Å²) in [5, 5.41) is 8.50. The van der Waals surface area contributed by atoms with Crippen LogP contribution < -0.4 is 4.74 Å². The number of hydrogen-bond acceptors (Lipinski definition) is 4. The van der Waals surface area contributed by atoms with Gasteiger partial charge in [0.1, 0.15) is 11.6 Å². The van der Waals surface area contributed by atoms with Crippen molar-refractivity contribution in [2.45, 2.75) is 0 Å². The number of nitrogens with zero attached hydrogens (tertiary/aromatic N) is 3. The highest BCUT2D eigenvalue weighted by Crippen LogP contribution is 2.23. The monoisotopic (exact) mass is 380 g/mol. The lowest BCUT2D eigenvalue weighted by Crippen LogP contribution is -1.81. The quantitative estimate of drug-likeness (QED) is 0.380. The molecule has 0 unspecified atom stereocenters. The van der Waals surface area contributed by atoms with Crippen molar-refractivity contribution in [3.63, 3.8) is 0 Å². The summed E-state index contributed by atoms with van der Waals surface area (Å²) in [5.74, 6) is 1.64. The molecule has 3 aromatic carbocycles. The van der Waals surface area contributed by atoms with Gasteiger partial charge >= 0.3 is 0 Å². The van der Waals surface area contributed by atoms with Crippen LogP contribution in [0.3, 0.4) is 0 Å². The van der Waals surface area contributed by atoms with E-state index >= 15 is 0 Å². The molecule has 29 heavy (non-hydrogen) atoms. The highest BCUT2D eigenvalue weighted by molar-refractivity contribution is 5.69. The summed E-state index contributed by atoms with van der Waals surface area (Å²) in [6.07, 6.45) is 5.86. The molecule has 0 aliphatic heterocycles. The van der Waals surface area contributed by atoms with Crippen LogP contribution in [0.25, 0.3) is 23.4 Å². The fraction of sp³-hybridized carbons (Fsp3) is 0.0417. The molecule has 5 nitrogen and oxygen atoms in total. The van der Waals surface area contributed by atoms with Gasteiger partial charge in [-0.25, -0.2) is 4.98 Å². The Kier molecular flexibility index (Phi) is 5.58. The van der Waals surface area contributed by atoms with Crippen molar-refractivity contribution in [1.82, 2.24) is 9.97 Å². The van der Waals surface area contributed by atoms with E-state index < -0.39 is 0 Å². The zero-order valence-corrected chi connectivity index (χ0v) is 16.0. The summed E-state index contributed by atoms with van der Waals surface area (Å²) in [6, 6.07) is 25.4. The number of aromatic amines is 1. The van der Waals surface area contributed by atoms with Crippen LogP contribution in [0.5, 0.6) is 5.75 Å². The van der Waals surface area contributed by atoms with Crippen LogP contribution in [0.15, 0.2) is 95.3 Å². The molecule has 4 aromatic rings. The molecule has 0 aliphatic rings. The van der Waals surface area contributed by atoms with Gasteiger partial charge in [0.15, 0.2) is 0 Å². The van der Waals surface area contributed by atoms with Crippen LogP contribution >= 0.6 is 0 Å². The minimum Gasteiger partial charge on any atom is -0.497 e. The maximum Gasteiger partial charge on any atom is 0.130 e. The molecular weight excluding hydrogens is 360 g/mol. The first-order valence-corrected chi connectivity index (χ1v) is 9.25. The Balaban J connectivity index is 1.43. The minimum atomic E-state index is 0.795. The van der Waals surface area contributed by atoms with Gasteiger partial charge in [-0.1, -0.05) is 48.5 Å². The van der Waals surface area contributed by atoms with Gasteiger partial charge < -0.3 is 9.72 Å². The maximum absolute atomic E-state index is 5.18. The minimum absolute atomic E-state index is 0.795. The lowest BCUT2D eigenvalue weighted by molar-refractivity contribution is 0.415. The molecule has 0 radical (unpaired) electrons. The number of nitrogens with one attached hydrogen (secondary N) is 1. The SMILES string of the molecule is COc1ccc(/C=C/c2nc(-c3ccc(/N=N/c4ccccc4)cc3)c[nH]2)cc1. The van der Waals surface area contributed by atoms with Gasteiger partial charge in [-0.05, 0) is 48.0 Å². The Morgan fingerprint density at radius 2 is 1.48 bits per heavy atom. The first kappa shape index (κ1) is 18.4. The van der Waals surface area contributed by atoms with Gasteiger partial charge in [-0.3, -0.25) is 0 Å². The van der Waals surface area contributed by atoms with E-state index in [4.69, 9.17) is 4.74 Å². The summed E-state index contributed by atoms with van der Waals surface area (Å²) in [7, 11) is 1.66. The second-order valence-corrected chi connectivity index (χ2v) is 6.36. The van der Waals surface area contributed by atoms with Crippen LogP contribution in [0.4, 0.5) is 11.4 Å². The maximum atomic E-state index is 5.18. The highest BCUT2D eigenvalue weighted by atomic mass is 16.5. The summed E-state index contributed by atoms with van der Waals surface area (Å²) in [6.45, 7) is 0. The Bertz CT molecular complexity index is 1110. The summed E-state index contributed by atoms with van der Waals surface area (Å²) >= 11 is 0. The largest absolute Gasteiger partial charge is 0.497 e. The fourth-order valence-corrected chi connectivity index (χ4v) is 2.77. The lowest BCUT2D eigenvalue weighted by Gasteiger charge is -1.98. The molecule has 5 heteroatoms. The molecule has 0 aliphatic carbocycles. The number of methoxy groups -OCH3 is 1. The van der Waals surface area contributed by atoms with Crippen molar-refractivity contribution in [3.8, 4) is 17.0 Å². The first-order chi connectivity index (χ1) is 14.3. The number of rotatable bonds is 6. The van der Waals surface area contributed by atoms with E-state index in [-0.39, 0.29) is 0 Å². The third-order valence-corrected chi connectivity index (χ3v) is 4.35. The molecule has 0 bridgehead atoms. The molecule has 142 valence electrons. The van der Waals surface area contributed by atoms with Crippen molar-refractivity contribution in [2.24, 2.45) is 10.2 Å². The number of ether oxygens (including phenoxy) is 1. The van der Waals surface area contributed by atoms with Gasteiger partial charge in [0, 0.05) is 11.8 Å². The van der Waals surface area contributed by atoms with Crippen molar-refractivity contribution < 1.29 is 4.74 Å². The average molecular weight is 380 g/mol. The van der Waals surface area contributed by atoms with Gasteiger partial charge in [0.05, 0.1) is 24.2 Å².